The normalized spacial score (nSPS) is 10.6. The monoisotopic (exact) mass is 275 g/mol. The zero-order chi connectivity index (χ0) is 14.5. The Balaban J connectivity index is 1.95. The number of hydrogen-bond donors (Lipinski definition) is 2. The van der Waals surface area contributed by atoms with Crippen LogP contribution in [0.25, 0.3) is 0 Å². The molecule has 0 spiro atoms. The van der Waals surface area contributed by atoms with Gasteiger partial charge < -0.3 is 19.7 Å². The van der Waals surface area contributed by atoms with Crippen molar-refractivity contribution in [3.8, 4) is 0 Å². The SMILES string of the molecule is Cc1cc(CNc2ccc(N(C)CCO)cn2)c(C)o1. The number of aromatic nitrogens is 1. The van der Waals surface area contributed by atoms with Crippen LogP contribution in [0.4, 0.5) is 11.5 Å². The van der Waals surface area contributed by atoms with E-state index in [9.17, 15) is 0 Å². The summed E-state index contributed by atoms with van der Waals surface area (Å²) in [5.41, 5.74) is 2.13. The molecule has 0 aliphatic heterocycles. The highest BCUT2D eigenvalue weighted by Crippen LogP contribution is 2.17. The molecule has 0 atom stereocenters. The lowest BCUT2D eigenvalue weighted by Crippen LogP contribution is -2.21. The van der Waals surface area contributed by atoms with E-state index in [1.807, 2.05) is 44.0 Å². The molecule has 0 aliphatic rings. The number of anilines is 2. The quantitative estimate of drug-likeness (QED) is 0.847. The van der Waals surface area contributed by atoms with Crippen LogP contribution in [-0.4, -0.2) is 30.3 Å². The smallest absolute Gasteiger partial charge is 0.126 e. The number of aryl methyl sites for hydroxylation is 2. The average Bonchev–Trinajstić information content (AvgIpc) is 2.75. The number of pyridine rings is 1. The second-order valence-electron chi connectivity index (χ2n) is 4.84. The molecule has 0 aromatic carbocycles. The Kier molecular flexibility index (Phi) is 4.63. The molecule has 0 fully saturated rings. The Hall–Kier alpha value is -2.01. The Bertz CT molecular complexity index is 549. The van der Waals surface area contributed by atoms with E-state index in [0.717, 1.165) is 28.6 Å². The van der Waals surface area contributed by atoms with E-state index in [2.05, 4.69) is 10.3 Å². The van der Waals surface area contributed by atoms with Gasteiger partial charge in [-0.3, -0.25) is 0 Å². The molecule has 2 aromatic rings. The topological polar surface area (TPSA) is 61.5 Å². The maximum absolute atomic E-state index is 8.91. The van der Waals surface area contributed by atoms with Crippen molar-refractivity contribution in [1.29, 1.82) is 0 Å². The third kappa shape index (κ3) is 3.51. The van der Waals surface area contributed by atoms with Crippen LogP contribution in [0.3, 0.4) is 0 Å². The van der Waals surface area contributed by atoms with E-state index in [1.54, 1.807) is 6.20 Å². The predicted molar refractivity (Wildman–Crippen MR) is 80.1 cm³/mol. The van der Waals surface area contributed by atoms with Crippen LogP contribution in [0.1, 0.15) is 17.1 Å². The van der Waals surface area contributed by atoms with Crippen molar-refractivity contribution < 1.29 is 9.52 Å². The van der Waals surface area contributed by atoms with E-state index < -0.39 is 0 Å². The number of nitrogens with one attached hydrogen (secondary N) is 1. The van der Waals surface area contributed by atoms with E-state index in [1.165, 1.54) is 0 Å². The molecule has 0 aliphatic carbocycles. The lowest BCUT2D eigenvalue weighted by molar-refractivity contribution is 0.304. The van der Waals surface area contributed by atoms with Crippen LogP contribution in [0.15, 0.2) is 28.8 Å². The molecular formula is C15H21N3O2. The molecule has 0 bridgehead atoms. The summed E-state index contributed by atoms with van der Waals surface area (Å²) < 4.78 is 5.49. The van der Waals surface area contributed by atoms with Gasteiger partial charge >= 0.3 is 0 Å². The van der Waals surface area contributed by atoms with Crippen LogP contribution in [0.5, 0.6) is 0 Å². The number of furan rings is 1. The summed E-state index contributed by atoms with van der Waals surface area (Å²) in [6.45, 7) is 5.34. The summed E-state index contributed by atoms with van der Waals surface area (Å²) in [6, 6.07) is 5.95. The fraction of sp³-hybridized carbons (Fsp3) is 0.400. The number of rotatable bonds is 6. The van der Waals surface area contributed by atoms with Crippen LogP contribution >= 0.6 is 0 Å². The van der Waals surface area contributed by atoms with Crippen molar-refractivity contribution in [2.75, 3.05) is 30.4 Å². The highest BCUT2D eigenvalue weighted by atomic mass is 16.3. The molecular weight excluding hydrogens is 254 g/mol. The van der Waals surface area contributed by atoms with Gasteiger partial charge in [0.05, 0.1) is 18.5 Å². The third-order valence-electron chi connectivity index (χ3n) is 3.23. The highest BCUT2D eigenvalue weighted by molar-refractivity contribution is 5.49. The summed E-state index contributed by atoms with van der Waals surface area (Å²) in [7, 11) is 1.93. The Morgan fingerprint density at radius 3 is 2.70 bits per heavy atom. The minimum atomic E-state index is 0.135. The van der Waals surface area contributed by atoms with Gasteiger partial charge in [0.2, 0.25) is 0 Å². The molecule has 0 saturated heterocycles. The van der Waals surface area contributed by atoms with Crippen molar-refractivity contribution in [2.24, 2.45) is 0 Å². The maximum atomic E-state index is 8.91. The first kappa shape index (κ1) is 14.4. The zero-order valence-corrected chi connectivity index (χ0v) is 12.2. The molecule has 0 saturated carbocycles. The first-order valence-electron chi connectivity index (χ1n) is 6.68. The molecule has 108 valence electrons. The van der Waals surface area contributed by atoms with Crippen molar-refractivity contribution in [3.63, 3.8) is 0 Å². The summed E-state index contributed by atoms with van der Waals surface area (Å²) in [5.74, 6) is 2.69. The lowest BCUT2D eigenvalue weighted by Gasteiger charge is -2.17. The molecule has 5 nitrogen and oxygen atoms in total. The number of aliphatic hydroxyl groups excluding tert-OH is 1. The third-order valence-corrected chi connectivity index (χ3v) is 3.23. The molecule has 2 aromatic heterocycles. The van der Waals surface area contributed by atoms with Crippen molar-refractivity contribution in [1.82, 2.24) is 4.98 Å². The van der Waals surface area contributed by atoms with Gasteiger partial charge in [-0.25, -0.2) is 4.98 Å². The van der Waals surface area contributed by atoms with E-state index >= 15 is 0 Å². The van der Waals surface area contributed by atoms with Gasteiger partial charge in [0.1, 0.15) is 17.3 Å². The molecule has 5 heteroatoms. The lowest BCUT2D eigenvalue weighted by atomic mass is 10.2. The van der Waals surface area contributed by atoms with Gasteiger partial charge in [-0.2, -0.15) is 0 Å². The number of hydrogen-bond acceptors (Lipinski definition) is 5. The van der Waals surface area contributed by atoms with E-state index in [0.29, 0.717) is 13.1 Å². The largest absolute Gasteiger partial charge is 0.466 e. The van der Waals surface area contributed by atoms with Crippen molar-refractivity contribution >= 4 is 11.5 Å². The van der Waals surface area contributed by atoms with E-state index in [4.69, 9.17) is 9.52 Å². The number of aliphatic hydroxyl groups is 1. The fourth-order valence-corrected chi connectivity index (χ4v) is 2.04. The Morgan fingerprint density at radius 2 is 2.15 bits per heavy atom. The van der Waals surface area contributed by atoms with Gasteiger partial charge in [-0.1, -0.05) is 0 Å². The molecule has 2 rings (SSSR count). The summed E-state index contributed by atoms with van der Waals surface area (Å²) in [5, 5.41) is 12.2. The molecule has 0 unspecified atom stereocenters. The zero-order valence-electron chi connectivity index (χ0n) is 12.2. The second-order valence-corrected chi connectivity index (χ2v) is 4.84. The van der Waals surface area contributed by atoms with Gasteiger partial charge in [-0.15, -0.1) is 0 Å². The summed E-state index contributed by atoms with van der Waals surface area (Å²) in [6.07, 6.45) is 1.80. The minimum Gasteiger partial charge on any atom is -0.466 e. The van der Waals surface area contributed by atoms with Crippen LogP contribution in [0, 0.1) is 13.8 Å². The first-order valence-corrected chi connectivity index (χ1v) is 6.68. The average molecular weight is 275 g/mol. The number of nitrogens with zero attached hydrogens (tertiary/aromatic N) is 2. The van der Waals surface area contributed by atoms with Gasteiger partial charge in [0.25, 0.3) is 0 Å². The second kappa shape index (κ2) is 6.43. The standard InChI is InChI=1S/C15H21N3O2/c1-11-8-13(12(2)20-11)9-16-15-5-4-14(10-17-15)18(3)6-7-19/h4-5,8,10,19H,6-7,9H2,1-3H3,(H,16,17). The van der Waals surface area contributed by atoms with Gasteiger partial charge in [-0.05, 0) is 32.0 Å². The highest BCUT2D eigenvalue weighted by Gasteiger charge is 2.05. The summed E-state index contributed by atoms with van der Waals surface area (Å²) in [4.78, 5) is 6.33. The predicted octanol–water partition coefficient (Wildman–Crippen LogP) is 2.33. The Morgan fingerprint density at radius 1 is 1.35 bits per heavy atom. The maximum Gasteiger partial charge on any atom is 0.126 e. The fourth-order valence-electron chi connectivity index (χ4n) is 2.04. The van der Waals surface area contributed by atoms with Crippen molar-refractivity contribution in [2.45, 2.75) is 20.4 Å². The van der Waals surface area contributed by atoms with E-state index in [-0.39, 0.29) is 6.61 Å². The molecule has 0 radical (unpaired) electrons. The Labute approximate surface area is 119 Å². The molecule has 20 heavy (non-hydrogen) atoms. The molecule has 2 heterocycles. The first-order chi connectivity index (χ1) is 9.60. The van der Waals surface area contributed by atoms with Crippen LogP contribution in [0.2, 0.25) is 0 Å². The molecule has 0 amide bonds. The van der Waals surface area contributed by atoms with Gasteiger partial charge in [0.15, 0.2) is 0 Å². The van der Waals surface area contributed by atoms with Crippen LogP contribution < -0.4 is 10.2 Å². The van der Waals surface area contributed by atoms with Crippen molar-refractivity contribution in [3.05, 3.63) is 41.5 Å². The molecule has 2 N–H and O–H groups in total. The number of likely N-dealkylation sites (N-methyl/N-ethyl adjacent to an activating group) is 1. The van der Waals surface area contributed by atoms with Crippen LogP contribution in [-0.2, 0) is 6.54 Å². The van der Waals surface area contributed by atoms with Gasteiger partial charge in [0, 0.05) is 25.7 Å². The minimum absolute atomic E-state index is 0.135. The summed E-state index contributed by atoms with van der Waals surface area (Å²) >= 11 is 0.